The normalized spacial score (nSPS) is 21.4. The van der Waals surface area contributed by atoms with Gasteiger partial charge in [-0.3, -0.25) is 14.9 Å². The van der Waals surface area contributed by atoms with Crippen molar-refractivity contribution in [1.82, 2.24) is 9.88 Å². The molecule has 114 valence electrons. The number of aliphatic hydroxyl groups is 1. The zero-order valence-electron chi connectivity index (χ0n) is 11.9. The van der Waals surface area contributed by atoms with Crippen LogP contribution in [-0.2, 0) is 0 Å². The minimum Gasteiger partial charge on any atom is -0.394 e. The highest BCUT2D eigenvalue weighted by molar-refractivity contribution is 5.99. The van der Waals surface area contributed by atoms with Gasteiger partial charge in [0, 0.05) is 19.7 Å². The van der Waals surface area contributed by atoms with E-state index >= 15 is 0 Å². The van der Waals surface area contributed by atoms with E-state index in [9.17, 15) is 20.0 Å². The number of nitrogens with zero attached hydrogens (tertiary/aromatic N) is 3. The third-order valence-electron chi connectivity index (χ3n) is 3.88. The predicted octanol–water partition coefficient (Wildman–Crippen LogP) is 0.874. The number of amides is 1. The molecule has 2 unspecified atom stereocenters. The number of anilines is 1. The fraction of sp³-hybridized carbons (Fsp3) is 0.538. The Hall–Kier alpha value is -2.22. The number of carbonyl (C=O) groups is 1. The Bertz CT molecular complexity index is 563. The molecule has 0 saturated carbocycles. The molecule has 1 aromatic rings. The van der Waals surface area contributed by atoms with E-state index in [0.717, 1.165) is 12.6 Å². The molecular formula is C13H18N4O4. The van der Waals surface area contributed by atoms with Gasteiger partial charge >= 0.3 is 0 Å². The van der Waals surface area contributed by atoms with Crippen LogP contribution in [0.3, 0.4) is 0 Å². The van der Waals surface area contributed by atoms with Gasteiger partial charge in [0.2, 0.25) is 0 Å². The molecule has 8 heteroatoms. The van der Waals surface area contributed by atoms with Crippen molar-refractivity contribution < 1.29 is 14.8 Å². The fourth-order valence-electron chi connectivity index (χ4n) is 2.61. The summed E-state index contributed by atoms with van der Waals surface area (Å²) in [6, 6.07) is 0.958. The number of aliphatic hydroxyl groups excluding tert-OH is 1. The van der Waals surface area contributed by atoms with Gasteiger partial charge in [-0.15, -0.1) is 0 Å². The van der Waals surface area contributed by atoms with Crippen molar-refractivity contribution >= 4 is 17.4 Å². The van der Waals surface area contributed by atoms with Crippen LogP contribution in [-0.4, -0.2) is 52.1 Å². The number of likely N-dealkylation sites (tertiary alicyclic amines) is 1. The van der Waals surface area contributed by atoms with Gasteiger partial charge in [0.25, 0.3) is 11.6 Å². The van der Waals surface area contributed by atoms with E-state index in [-0.39, 0.29) is 35.7 Å². The zero-order chi connectivity index (χ0) is 15.6. The van der Waals surface area contributed by atoms with E-state index in [1.165, 1.54) is 6.07 Å². The lowest BCUT2D eigenvalue weighted by Crippen LogP contribution is -2.40. The average Bonchev–Trinajstić information content (AvgIpc) is 2.86. The van der Waals surface area contributed by atoms with Crippen molar-refractivity contribution in [2.45, 2.75) is 19.4 Å². The SMILES string of the molecule is CNc1ncc([N+](=O)[O-])cc1C(=O)N1CCC(C)C1CO. The van der Waals surface area contributed by atoms with E-state index in [1.54, 1.807) is 11.9 Å². The molecule has 0 spiro atoms. The number of aromatic nitrogens is 1. The van der Waals surface area contributed by atoms with Crippen LogP contribution in [0.15, 0.2) is 12.3 Å². The lowest BCUT2D eigenvalue weighted by molar-refractivity contribution is -0.385. The van der Waals surface area contributed by atoms with Crippen molar-refractivity contribution in [1.29, 1.82) is 0 Å². The second-order valence-electron chi connectivity index (χ2n) is 5.11. The molecule has 2 atom stereocenters. The van der Waals surface area contributed by atoms with Crippen LogP contribution in [0.5, 0.6) is 0 Å². The quantitative estimate of drug-likeness (QED) is 0.630. The summed E-state index contributed by atoms with van der Waals surface area (Å²) < 4.78 is 0. The van der Waals surface area contributed by atoms with Gasteiger partial charge in [-0.25, -0.2) is 4.98 Å². The number of carbonyl (C=O) groups excluding carboxylic acids is 1. The van der Waals surface area contributed by atoms with E-state index in [2.05, 4.69) is 10.3 Å². The van der Waals surface area contributed by atoms with Crippen LogP contribution in [0.25, 0.3) is 0 Å². The van der Waals surface area contributed by atoms with E-state index in [4.69, 9.17) is 0 Å². The first-order valence-corrected chi connectivity index (χ1v) is 6.73. The van der Waals surface area contributed by atoms with Crippen molar-refractivity contribution in [3.05, 3.63) is 27.9 Å². The Kier molecular flexibility index (Phi) is 4.37. The first kappa shape index (κ1) is 15.2. The third kappa shape index (κ3) is 2.80. The molecular weight excluding hydrogens is 276 g/mol. The predicted molar refractivity (Wildman–Crippen MR) is 76.1 cm³/mol. The Balaban J connectivity index is 2.38. The van der Waals surface area contributed by atoms with Crippen LogP contribution >= 0.6 is 0 Å². The number of hydrogen-bond acceptors (Lipinski definition) is 6. The molecule has 1 aliphatic heterocycles. The topological polar surface area (TPSA) is 109 Å². The van der Waals surface area contributed by atoms with Crippen molar-refractivity contribution in [2.24, 2.45) is 5.92 Å². The van der Waals surface area contributed by atoms with Crippen molar-refractivity contribution in [3.63, 3.8) is 0 Å². The summed E-state index contributed by atoms with van der Waals surface area (Å²) in [7, 11) is 1.60. The first-order valence-electron chi connectivity index (χ1n) is 6.73. The van der Waals surface area contributed by atoms with Crippen LogP contribution < -0.4 is 5.32 Å². The van der Waals surface area contributed by atoms with E-state index < -0.39 is 4.92 Å². The van der Waals surface area contributed by atoms with Gasteiger partial charge in [-0.05, 0) is 12.3 Å². The lowest BCUT2D eigenvalue weighted by Gasteiger charge is -2.25. The number of nitro groups is 1. The molecule has 2 N–H and O–H groups in total. The Morgan fingerprint density at radius 3 is 2.95 bits per heavy atom. The van der Waals surface area contributed by atoms with Crippen molar-refractivity contribution in [3.8, 4) is 0 Å². The standard InChI is InChI=1S/C13H18N4O4/c1-8-3-4-16(11(8)7-18)13(19)10-5-9(17(20)21)6-15-12(10)14-2/h5-6,8,11,18H,3-4,7H2,1-2H3,(H,14,15). The smallest absolute Gasteiger partial charge is 0.288 e. The minimum absolute atomic E-state index is 0.121. The lowest BCUT2D eigenvalue weighted by atomic mass is 10.0. The Labute approximate surface area is 121 Å². The summed E-state index contributed by atoms with van der Waals surface area (Å²) in [5.41, 5.74) is -0.0793. The molecule has 0 aliphatic carbocycles. The highest BCUT2D eigenvalue weighted by atomic mass is 16.6. The van der Waals surface area contributed by atoms with E-state index in [1.807, 2.05) is 6.92 Å². The van der Waals surface area contributed by atoms with Crippen LogP contribution in [0.4, 0.5) is 11.5 Å². The molecule has 0 radical (unpaired) electrons. The minimum atomic E-state index is -0.584. The molecule has 1 aliphatic rings. The van der Waals surface area contributed by atoms with Gasteiger partial charge in [-0.1, -0.05) is 6.92 Å². The molecule has 0 aromatic carbocycles. The van der Waals surface area contributed by atoms with E-state index in [0.29, 0.717) is 12.4 Å². The summed E-state index contributed by atoms with van der Waals surface area (Å²) in [5, 5.41) is 23.1. The second kappa shape index (κ2) is 6.04. The summed E-state index contributed by atoms with van der Waals surface area (Å²) in [5.74, 6) is 0.143. The first-order chi connectivity index (χ1) is 9.99. The highest BCUT2D eigenvalue weighted by Crippen LogP contribution is 2.28. The molecule has 1 aromatic heterocycles. The average molecular weight is 294 g/mol. The van der Waals surface area contributed by atoms with Crippen molar-refractivity contribution in [2.75, 3.05) is 25.5 Å². The fourth-order valence-corrected chi connectivity index (χ4v) is 2.61. The highest BCUT2D eigenvalue weighted by Gasteiger charge is 2.35. The number of rotatable bonds is 4. The summed E-state index contributed by atoms with van der Waals surface area (Å²) in [4.78, 5) is 28.4. The van der Waals surface area contributed by atoms with Gasteiger partial charge in [0.15, 0.2) is 0 Å². The Morgan fingerprint density at radius 1 is 1.67 bits per heavy atom. The molecule has 0 bridgehead atoms. The molecule has 1 fully saturated rings. The summed E-state index contributed by atoms with van der Waals surface area (Å²) >= 11 is 0. The third-order valence-corrected chi connectivity index (χ3v) is 3.88. The second-order valence-corrected chi connectivity index (χ2v) is 5.11. The maximum absolute atomic E-state index is 12.6. The number of pyridine rings is 1. The molecule has 2 rings (SSSR count). The molecule has 21 heavy (non-hydrogen) atoms. The van der Waals surface area contributed by atoms with Crippen LogP contribution in [0, 0.1) is 16.0 Å². The summed E-state index contributed by atoms with van der Waals surface area (Å²) in [6.07, 6.45) is 1.91. The zero-order valence-corrected chi connectivity index (χ0v) is 11.9. The number of hydrogen-bond donors (Lipinski definition) is 2. The Morgan fingerprint density at radius 2 is 2.38 bits per heavy atom. The van der Waals surface area contributed by atoms with Crippen LogP contribution in [0.2, 0.25) is 0 Å². The monoisotopic (exact) mass is 294 g/mol. The van der Waals surface area contributed by atoms with Crippen LogP contribution in [0.1, 0.15) is 23.7 Å². The largest absolute Gasteiger partial charge is 0.394 e. The molecule has 1 saturated heterocycles. The van der Waals surface area contributed by atoms with Gasteiger partial charge in [-0.2, -0.15) is 0 Å². The maximum atomic E-state index is 12.6. The van der Waals surface area contributed by atoms with Gasteiger partial charge in [0.05, 0.1) is 23.1 Å². The molecule has 8 nitrogen and oxygen atoms in total. The maximum Gasteiger partial charge on any atom is 0.288 e. The van der Waals surface area contributed by atoms with Gasteiger partial charge < -0.3 is 15.3 Å². The van der Waals surface area contributed by atoms with Gasteiger partial charge in [0.1, 0.15) is 12.0 Å². The summed E-state index contributed by atoms with van der Waals surface area (Å²) in [6.45, 7) is 2.38. The molecule has 2 heterocycles. The number of nitrogens with one attached hydrogen (secondary N) is 1. The molecule has 1 amide bonds.